The highest BCUT2D eigenvalue weighted by molar-refractivity contribution is 6.34. The van der Waals surface area contributed by atoms with Gasteiger partial charge in [-0.25, -0.2) is 4.68 Å². The molecular formula is C21H18Cl2N4O2. The zero-order chi connectivity index (χ0) is 20.7. The molecule has 1 aliphatic carbocycles. The van der Waals surface area contributed by atoms with E-state index >= 15 is 0 Å². The predicted octanol–water partition coefficient (Wildman–Crippen LogP) is 4.33. The number of aryl methyl sites for hydroxylation is 1. The lowest BCUT2D eigenvalue weighted by Crippen LogP contribution is -2.18. The van der Waals surface area contributed by atoms with Crippen molar-refractivity contribution in [1.29, 1.82) is 0 Å². The average Bonchev–Trinajstić information content (AvgIpc) is 3.35. The molecule has 29 heavy (non-hydrogen) atoms. The molecule has 1 fully saturated rings. The number of amides is 2. The molecule has 6 nitrogen and oxygen atoms in total. The lowest BCUT2D eigenvalue weighted by atomic mass is 10.1. The van der Waals surface area contributed by atoms with Gasteiger partial charge in [0.2, 0.25) is 11.8 Å². The number of primary amides is 1. The standard InChI is InChI=1S/C21H18Cl2N4O2/c1-11-9-25-27(10-11)19-3-2-12(20(24)28)6-18(19)26-21(29)17-8-16(17)13-4-14(22)7-15(23)5-13/h2-7,9-10,16-17H,8H2,1H3,(H2,24,28)(H,26,29)/t16-,17+/m1/s1. The first kappa shape index (κ1) is 19.5. The number of aromatic nitrogens is 2. The van der Waals surface area contributed by atoms with Crippen LogP contribution >= 0.6 is 23.2 Å². The molecule has 4 rings (SSSR count). The summed E-state index contributed by atoms with van der Waals surface area (Å²) in [6.07, 6.45) is 4.25. The second kappa shape index (κ2) is 7.54. The number of anilines is 1. The van der Waals surface area contributed by atoms with Crippen LogP contribution in [-0.4, -0.2) is 21.6 Å². The Bertz CT molecular complexity index is 1110. The minimum absolute atomic E-state index is 0.0564. The van der Waals surface area contributed by atoms with E-state index in [1.807, 2.05) is 25.3 Å². The molecule has 8 heteroatoms. The smallest absolute Gasteiger partial charge is 0.248 e. The van der Waals surface area contributed by atoms with Crippen molar-refractivity contribution in [3.63, 3.8) is 0 Å². The number of benzene rings is 2. The zero-order valence-corrected chi connectivity index (χ0v) is 17.0. The maximum Gasteiger partial charge on any atom is 0.248 e. The van der Waals surface area contributed by atoms with E-state index in [9.17, 15) is 9.59 Å². The number of nitrogens with two attached hydrogens (primary N) is 1. The Labute approximate surface area is 177 Å². The molecule has 0 saturated heterocycles. The quantitative estimate of drug-likeness (QED) is 0.633. The van der Waals surface area contributed by atoms with Crippen molar-refractivity contribution < 1.29 is 9.59 Å². The molecule has 2 atom stereocenters. The summed E-state index contributed by atoms with van der Waals surface area (Å²) in [7, 11) is 0. The van der Waals surface area contributed by atoms with E-state index in [-0.39, 0.29) is 17.7 Å². The van der Waals surface area contributed by atoms with Crippen LogP contribution in [0.2, 0.25) is 10.0 Å². The van der Waals surface area contributed by atoms with E-state index < -0.39 is 5.91 Å². The van der Waals surface area contributed by atoms with Crippen molar-refractivity contribution in [1.82, 2.24) is 9.78 Å². The van der Waals surface area contributed by atoms with Gasteiger partial charge in [-0.05, 0) is 66.8 Å². The van der Waals surface area contributed by atoms with Crippen LogP contribution in [0.25, 0.3) is 5.69 Å². The van der Waals surface area contributed by atoms with Crippen molar-refractivity contribution in [3.8, 4) is 5.69 Å². The van der Waals surface area contributed by atoms with E-state index in [4.69, 9.17) is 28.9 Å². The van der Waals surface area contributed by atoms with Crippen LogP contribution in [0.3, 0.4) is 0 Å². The van der Waals surface area contributed by atoms with Gasteiger partial charge in [0.1, 0.15) is 0 Å². The van der Waals surface area contributed by atoms with Crippen molar-refractivity contribution in [2.75, 3.05) is 5.32 Å². The van der Waals surface area contributed by atoms with E-state index in [0.717, 1.165) is 11.1 Å². The SMILES string of the molecule is Cc1cnn(-c2ccc(C(N)=O)cc2NC(=O)[C@H]2C[C@@H]2c2cc(Cl)cc(Cl)c2)c1. The Morgan fingerprint density at radius 1 is 1.17 bits per heavy atom. The van der Waals surface area contributed by atoms with E-state index in [0.29, 0.717) is 33.4 Å². The summed E-state index contributed by atoms with van der Waals surface area (Å²) >= 11 is 12.2. The highest BCUT2D eigenvalue weighted by Crippen LogP contribution is 2.49. The number of hydrogen-bond donors (Lipinski definition) is 2. The fraction of sp³-hybridized carbons (Fsp3) is 0.190. The van der Waals surface area contributed by atoms with Gasteiger partial charge in [0.05, 0.1) is 17.6 Å². The van der Waals surface area contributed by atoms with Gasteiger partial charge in [-0.1, -0.05) is 23.2 Å². The fourth-order valence-corrected chi connectivity index (χ4v) is 3.94. The van der Waals surface area contributed by atoms with Gasteiger partial charge < -0.3 is 11.1 Å². The van der Waals surface area contributed by atoms with Crippen LogP contribution in [0, 0.1) is 12.8 Å². The molecule has 0 bridgehead atoms. The van der Waals surface area contributed by atoms with E-state index in [2.05, 4.69) is 10.4 Å². The molecule has 0 radical (unpaired) electrons. The fourth-order valence-electron chi connectivity index (χ4n) is 3.40. The first-order chi connectivity index (χ1) is 13.8. The average molecular weight is 429 g/mol. The maximum absolute atomic E-state index is 12.9. The summed E-state index contributed by atoms with van der Waals surface area (Å²) in [5.74, 6) is -0.852. The van der Waals surface area contributed by atoms with Gasteiger partial charge in [-0.15, -0.1) is 0 Å². The van der Waals surface area contributed by atoms with Crippen LogP contribution in [0.5, 0.6) is 0 Å². The minimum atomic E-state index is -0.568. The van der Waals surface area contributed by atoms with Gasteiger partial charge in [0.25, 0.3) is 0 Å². The van der Waals surface area contributed by atoms with Crippen LogP contribution in [0.1, 0.15) is 33.8 Å². The van der Waals surface area contributed by atoms with Gasteiger partial charge in [-0.3, -0.25) is 9.59 Å². The van der Waals surface area contributed by atoms with Crippen LogP contribution in [0.15, 0.2) is 48.8 Å². The predicted molar refractivity (Wildman–Crippen MR) is 113 cm³/mol. The summed E-state index contributed by atoms with van der Waals surface area (Å²) < 4.78 is 1.65. The number of nitrogens with zero attached hydrogens (tertiary/aromatic N) is 2. The molecule has 3 N–H and O–H groups in total. The number of rotatable bonds is 5. The molecule has 2 amide bonds. The van der Waals surface area contributed by atoms with Crippen LogP contribution in [-0.2, 0) is 4.79 Å². The molecule has 148 valence electrons. The Hall–Kier alpha value is -2.83. The van der Waals surface area contributed by atoms with Gasteiger partial charge in [0.15, 0.2) is 0 Å². The molecule has 0 spiro atoms. The Kier molecular flexibility index (Phi) is 5.06. The van der Waals surface area contributed by atoms with Crippen molar-refractivity contribution in [2.24, 2.45) is 11.7 Å². The Balaban J connectivity index is 1.59. The third-order valence-corrected chi connectivity index (χ3v) is 5.37. The lowest BCUT2D eigenvalue weighted by molar-refractivity contribution is -0.117. The number of carbonyl (C=O) groups is 2. The van der Waals surface area contributed by atoms with Gasteiger partial charge >= 0.3 is 0 Å². The molecule has 3 aromatic rings. The zero-order valence-electron chi connectivity index (χ0n) is 15.5. The summed E-state index contributed by atoms with van der Waals surface area (Å²) in [4.78, 5) is 24.5. The third kappa shape index (κ3) is 4.13. The minimum Gasteiger partial charge on any atom is -0.366 e. The monoisotopic (exact) mass is 428 g/mol. The summed E-state index contributed by atoms with van der Waals surface area (Å²) in [6.45, 7) is 1.92. The van der Waals surface area contributed by atoms with Crippen LogP contribution < -0.4 is 11.1 Å². The molecule has 1 aromatic heterocycles. The highest BCUT2D eigenvalue weighted by atomic mass is 35.5. The van der Waals surface area contributed by atoms with Crippen LogP contribution in [0.4, 0.5) is 5.69 Å². The number of carbonyl (C=O) groups excluding carboxylic acids is 2. The summed E-state index contributed by atoms with van der Waals surface area (Å²) in [5, 5.41) is 8.31. The first-order valence-electron chi connectivity index (χ1n) is 9.04. The van der Waals surface area contributed by atoms with Crippen molar-refractivity contribution in [2.45, 2.75) is 19.3 Å². The molecule has 2 aromatic carbocycles. The first-order valence-corrected chi connectivity index (χ1v) is 9.80. The second-order valence-corrected chi connectivity index (χ2v) is 8.07. The van der Waals surface area contributed by atoms with E-state index in [1.165, 1.54) is 0 Å². The highest BCUT2D eigenvalue weighted by Gasteiger charge is 2.44. The third-order valence-electron chi connectivity index (χ3n) is 4.94. The number of nitrogens with one attached hydrogen (secondary N) is 1. The number of halogens is 2. The molecule has 1 aliphatic rings. The molecule has 1 heterocycles. The lowest BCUT2D eigenvalue weighted by Gasteiger charge is -2.13. The Morgan fingerprint density at radius 2 is 1.90 bits per heavy atom. The molecule has 1 saturated carbocycles. The molecular weight excluding hydrogens is 411 g/mol. The van der Waals surface area contributed by atoms with Gasteiger partial charge in [0, 0.05) is 27.7 Å². The Morgan fingerprint density at radius 3 is 2.52 bits per heavy atom. The van der Waals surface area contributed by atoms with E-state index in [1.54, 1.807) is 35.1 Å². The molecule has 0 unspecified atom stereocenters. The summed E-state index contributed by atoms with van der Waals surface area (Å²) in [5.41, 5.74) is 8.76. The summed E-state index contributed by atoms with van der Waals surface area (Å²) in [6, 6.07) is 10.2. The van der Waals surface area contributed by atoms with Crippen molar-refractivity contribution >= 4 is 40.7 Å². The van der Waals surface area contributed by atoms with Gasteiger partial charge in [-0.2, -0.15) is 5.10 Å². The topological polar surface area (TPSA) is 90.0 Å². The second-order valence-electron chi connectivity index (χ2n) is 7.20. The maximum atomic E-state index is 12.9. The molecule has 0 aliphatic heterocycles. The number of hydrogen-bond acceptors (Lipinski definition) is 3. The van der Waals surface area contributed by atoms with Crippen molar-refractivity contribution in [3.05, 3.63) is 75.5 Å². The largest absolute Gasteiger partial charge is 0.366 e. The normalized spacial score (nSPS) is 17.8.